The zero-order valence-electron chi connectivity index (χ0n) is 9.20. The molecule has 1 rings (SSSR count). The number of carbonyl (C=O) groups excluding carboxylic acids is 2. The highest BCUT2D eigenvalue weighted by Gasteiger charge is 2.12. The van der Waals surface area contributed by atoms with E-state index in [-0.39, 0.29) is 29.2 Å². The fraction of sp³-hybridized carbons (Fsp3) is 0.250. The Morgan fingerprint density at radius 3 is 2.82 bits per heavy atom. The number of halogens is 1. The molecule has 1 aromatic rings. The fourth-order valence-corrected chi connectivity index (χ4v) is 1.58. The third-order valence-corrected chi connectivity index (χ3v) is 2.43. The molecule has 0 aromatic heterocycles. The summed E-state index contributed by atoms with van der Waals surface area (Å²) < 4.78 is 4.78. The van der Waals surface area contributed by atoms with E-state index in [9.17, 15) is 9.59 Å². The lowest BCUT2D eigenvalue weighted by molar-refractivity contribution is -0.142. The minimum atomic E-state index is -0.434. The number of hydrogen-bond donors (Lipinski definition) is 0. The quantitative estimate of drug-likeness (QED) is 0.607. The summed E-state index contributed by atoms with van der Waals surface area (Å²) in [4.78, 5) is 22.1. The van der Waals surface area contributed by atoms with Crippen molar-refractivity contribution in [2.75, 3.05) is 6.61 Å². The lowest BCUT2D eigenvalue weighted by Gasteiger charge is -2.06. The smallest absolute Gasteiger partial charge is 0.310 e. The zero-order valence-corrected chi connectivity index (χ0v) is 9.95. The normalized spacial score (nSPS) is 9.47. The highest BCUT2D eigenvalue weighted by molar-refractivity contribution is 6.31. The van der Waals surface area contributed by atoms with Gasteiger partial charge >= 0.3 is 5.97 Å². The standard InChI is InChI=1S/C12H10ClNO3/c1-2-17-12(16)5-8-4-11(13)9(6-14)3-10(8)7-15/h3-4,7H,2,5H2,1H3. The maximum Gasteiger partial charge on any atom is 0.310 e. The third kappa shape index (κ3) is 3.30. The first-order chi connectivity index (χ1) is 8.12. The molecule has 0 aliphatic carbocycles. The molecule has 88 valence electrons. The molecular formula is C12H10ClNO3. The molecule has 0 aliphatic rings. The minimum Gasteiger partial charge on any atom is -0.466 e. The first kappa shape index (κ1) is 13.2. The van der Waals surface area contributed by atoms with E-state index in [2.05, 4.69) is 0 Å². The van der Waals surface area contributed by atoms with Gasteiger partial charge in [-0.05, 0) is 24.6 Å². The molecular weight excluding hydrogens is 242 g/mol. The van der Waals surface area contributed by atoms with E-state index in [1.807, 2.05) is 6.07 Å². The molecule has 0 saturated heterocycles. The molecule has 0 heterocycles. The van der Waals surface area contributed by atoms with Crippen molar-refractivity contribution < 1.29 is 14.3 Å². The third-order valence-electron chi connectivity index (χ3n) is 2.12. The Labute approximate surface area is 104 Å². The molecule has 0 spiro atoms. The van der Waals surface area contributed by atoms with Gasteiger partial charge in [0.15, 0.2) is 0 Å². The number of esters is 1. The second-order valence-corrected chi connectivity index (χ2v) is 3.65. The number of nitriles is 1. The van der Waals surface area contributed by atoms with Crippen LogP contribution >= 0.6 is 11.6 Å². The lowest BCUT2D eigenvalue weighted by Crippen LogP contribution is -2.09. The molecule has 0 saturated carbocycles. The van der Waals surface area contributed by atoms with Gasteiger partial charge in [0, 0.05) is 5.56 Å². The molecule has 17 heavy (non-hydrogen) atoms. The molecule has 0 unspecified atom stereocenters. The second kappa shape index (κ2) is 6.02. The Morgan fingerprint density at radius 1 is 1.59 bits per heavy atom. The van der Waals surface area contributed by atoms with Crippen molar-refractivity contribution in [1.82, 2.24) is 0 Å². The van der Waals surface area contributed by atoms with E-state index in [4.69, 9.17) is 21.6 Å². The van der Waals surface area contributed by atoms with Gasteiger partial charge in [0.2, 0.25) is 0 Å². The number of benzene rings is 1. The van der Waals surface area contributed by atoms with Crippen molar-refractivity contribution >= 4 is 23.9 Å². The summed E-state index contributed by atoms with van der Waals surface area (Å²) in [6.45, 7) is 1.98. The first-order valence-electron chi connectivity index (χ1n) is 4.95. The van der Waals surface area contributed by atoms with Crippen LogP contribution in [0.2, 0.25) is 5.02 Å². The van der Waals surface area contributed by atoms with Crippen LogP contribution in [0.4, 0.5) is 0 Å². The van der Waals surface area contributed by atoms with E-state index in [1.54, 1.807) is 6.92 Å². The average Bonchev–Trinajstić information content (AvgIpc) is 2.29. The van der Waals surface area contributed by atoms with Crippen LogP contribution < -0.4 is 0 Å². The van der Waals surface area contributed by atoms with Crippen LogP contribution in [0, 0.1) is 11.3 Å². The van der Waals surface area contributed by atoms with Crippen molar-refractivity contribution in [3.8, 4) is 6.07 Å². The number of carbonyl (C=O) groups is 2. The molecule has 0 radical (unpaired) electrons. The van der Waals surface area contributed by atoms with Crippen molar-refractivity contribution in [3.63, 3.8) is 0 Å². The SMILES string of the molecule is CCOC(=O)Cc1cc(Cl)c(C#N)cc1C=O. The lowest BCUT2D eigenvalue weighted by atomic mass is 10.0. The number of ether oxygens (including phenoxy) is 1. The number of aldehydes is 1. The monoisotopic (exact) mass is 251 g/mol. The van der Waals surface area contributed by atoms with Crippen LogP contribution in [0.3, 0.4) is 0 Å². The van der Waals surface area contributed by atoms with E-state index in [0.29, 0.717) is 11.8 Å². The van der Waals surface area contributed by atoms with Crippen LogP contribution in [-0.2, 0) is 16.0 Å². The first-order valence-corrected chi connectivity index (χ1v) is 5.33. The van der Waals surface area contributed by atoms with E-state index in [1.165, 1.54) is 12.1 Å². The summed E-state index contributed by atoms with van der Waals surface area (Å²) in [5.41, 5.74) is 0.947. The van der Waals surface area contributed by atoms with Gasteiger partial charge in [-0.1, -0.05) is 11.6 Å². The molecule has 0 fully saturated rings. The van der Waals surface area contributed by atoms with Crippen molar-refractivity contribution in [1.29, 1.82) is 5.26 Å². The Morgan fingerprint density at radius 2 is 2.29 bits per heavy atom. The highest BCUT2D eigenvalue weighted by atomic mass is 35.5. The number of rotatable bonds is 4. The molecule has 0 N–H and O–H groups in total. The summed E-state index contributed by atoms with van der Waals surface area (Å²) in [5.74, 6) is -0.434. The Kier molecular flexibility index (Phi) is 4.68. The van der Waals surface area contributed by atoms with Gasteiger partial charge < -0.3 is 4.74 Å². The highest BCUT2D eigenvalue weighted by Crippen LogP contribution is 2.21. The number of nitrogens with zero attached hydrogens (tertiary/aromatic N) is 1. The van der Waals surface area contributed by atoms with Crippen LogP contribution in [0.1, 0.15) is 28.4 Å². The van der Waals surface area contributed by atoms with Gasteiger partial charge in [-0.25, -0.2) is 0 Å². The van der Waals surface area contributed by atoms with Crippen molar-refractivity contribution in [3.05, 3.63) is 33.8 Å². The summed E-state index contributed by atoms with van der Waals surface area (Å²) in [7, 11) is 0. The van der Waals surface area contributed by atoms with Gasteiger partial charge in [0.1, 0.15) is 12.4 Å². The average molecular weight is 252 g/mol. The summed E-state index contributed by atoms with van der Waals surface area (Å²) in [6, 6.07) is 4.68. The van der Waals surface area contributed by atoms with Gasteiger partial charge in [-0.2, -0.15) is 5.26 Å². The number of hydrogen-bond acceptors (Lipinski definition) is 4. The maximum absolute atomic E-state index is 11.3. The van der Waals surface area contributed by atoms with Crippen LogP contribution in [-0.4, -0.2) is 18.9 Å². The molecule has 0 amide bonds. The van der Waals surface area contributed by atoms with Crippen LogP contribution in [0.15, 0.2) is 12.1 Å². The molecule has 1 aromatic carbocycles. The molecule has 5 heteroatoms. The predicted molar refractivity (Wildman–Crippen MR) is 61.9 cm³/mol. The second-order valence-electron chi connectivity index (χ2n) is 3.24. The Balaban J connectivity index is 3.07. The van der Waals surface area contributed by atoms with Gasteiger partial charge in [-0.15, -0.1) is 0 Å². The molecule has 4 nitrogen and oxygen atoms in total. The molecule has 0 aliphatic heterocycles. The molecule has 0 bridgehead atoms. The Bertz CT molecular complexity index is 491. The van der Waals surface area contributed by atoms with E-state index >= 15 is 0 Å². The topological polar surface area (TPSA) is 67.2 Å². The van der Waals surface area contributed by atoms with Crippen molar-refractivity contribution in [2.24, 2.45) is 0 Å². The van der Waals surface area contributed by atoms with Gasteiger partial charge in [0.05, 0.1) is 23.6 Å². The summed E-state index contributed by atoms with van der Waals surface area (Å²) in [5, 5.41) is 8.97. The molecule has 0 atom stereocenters. The largest absolute Gasteiger partial charge is 0.466 e. The van der Waals surface area contributed by atoms with Gasteiger partial charge in [0.25, 0.3) is 0 Å². The maximum atomic E-state index is 11.3. The van der Waals surface area contributed by atoms with Crippen molar-refractivity contribution in [2.45, 2.75) is 13.3 Å². The minimum absolute atomic E-state index is 0.0344. The van der Waals surface area contributed by atoms with Crippen LogP contribution in [0.25, 0.3) is 0 Å². The predicted octanol–water partition coefficient (Wildman–Crippen LogP) is 2.13. The zero-order chi connectivity index (χ0) is 12.8. The summed E-state index contributed by atoms with van der Waals surface area (Å²) >= 11 is 5.83. The van der Waals surface area contributed by atoms with E-state index < -0.39 is 5.97 Å². The Hall–Kier alpha value is -1.86. The fourth-order valence-electron chi connectivity index (χ4n) is 1.35. The summed E-state index contributed by atoms with van der Waals surface area (Å²) in [6.07, 6.45) is 0.555. The van der Waals surface area contributed by atoms with Gasteiger partial charge in [-0.3, -0.25) is 9.59 Å². The van der Waals surface area contributed by atoms with E-state index in [0.717, 1.165) is 0 Å². The van der Waals surface area contributed by atoms with Crippen LogP contribution in [0.5, 0.6) is 0 Å².